The van der Waals surface area contributed by atoms with Crippen LogP contribution in [-0.2, 0) is 9.63 Å². The highest BCUT2D eigenvalue weighted by atomic mass is 16.7. The fourth-order valence-corrected chi connectivity index (χ4v) is 2.50. The molecule has 0 aliphatic heterocycles. The molecule has 1 atom stereocenters. The van der Waals surface area contributed by atoms with E-state index in [1.165, 1.54) is 44.3 Å². The topological polar surface area (TPSA) is 55.6 Å². The third-order valence-electron chi connectivity index (χ3n) is 3.68. The Morgan fingerprint density at radius 2 is 2.06 bits per heavy atom. The van der Waals surface area contributed by atoms with Crippen molar-refractivity contribution in [1.29, 1.82) is 0 Å². The van der Waals surface area contributed by atoms with Crippen LogP contribution in [0.25, 0.3) is 0 Å². The maximum Gasteiger partial charge on any atom is 0.246 e. The van der Waals surface area contributed by atoms with Crippen molar-refractivity contribution in [3.63, 3.8) is 0 Å². The van der Waals surface area contributed by atoms with Gasteiger partial charge in [0.2, 0.25) is 5.91 Å². The van der Waals surface area contributed by atoms with Crippen molar-refractivity contribution in [2.24, 2.45) is 17.6 Å². The summed E-state index contributed by atoms with van der Waals surface area (Å²) in [5, 5.41) is 1.30. The molecule has 0 bridgehead atoms. The average Bonchev–Trinajstić information content (AvgIpc) is 2.35. The molecule has 1 fully saturated rings. The third kappa shape index (κ3) is 3.76. The van der Waals surface area contributed by atoms with Crippen molar-refractivity contribution >= 4 is 5.91 Å². The number of hydrogen-bond donors (Lipinski definition) is 1. The van der Waals surface area contributed by atoms with Crippen molar-refractivity contribution < 1.29 is 9.63 Å². The van der Waals surface area contributed by atoms with E-state index in [1.807, 2.05) is 0 Å². The van der Waals surface area contributed by atoms with E-state index in [1.54, 1.807) is 7.05 Å². The lowest BCUT2D eigenvalue weighted by Gasteiger charge is -2.29. The van der Waals surface area contributed by atoms with Crippen molar-refractivity contribution in [1.82, 2.24) is 5.06 Å². The molecule has 4 heteroatoms. The molecule has 0 aromatic carbocycles. The first-order chi connectivity index (χ1) is 7.69. The Morgan fingerprint density at radius 1 is 1.44 bits per heavy atom. The first kappa shape index (κ1) is 13.5. The number of hydroxylamine groups is 2. The highest BCUT2D eigenvalue weighted by molar-refractivity contribution is 5.75. The third-order valence-corrected chi connectivity index (χ3v) is 3.68. The summed E-state index contributed by atoms with van der Waals surface area (Å²) in [5.41, 5.74) is 5.78. The van der Waals surface area contributed by atoms with Gasteiger partial charge < -0.3 is 5.73 Å². The van der Waals surface area contributed by atoms with Crippen LogP contribution < -0.4 is 5.73 Å². The highest BCUT2D eigenvalue weighted by Crippen LogP contribution is 2.31. The monoisotopic (exact) mass is 228 g/mol. The van der Waals surface area contributed by atoms with E-state index in [9.17, 15) is 4.79 Å². The maximum atomic E-state index is 11.7. The van der Waals surface area contributed by atoms with E-state index in [0.717, 1.165) is 0 Å². The SMILES string of the molecule is CON(C)C(=O)C[C@H](CN)C1CCCCC1. The average molecular weight is 228 g/mol. The number of carbonyl (C=O) groups is 1. The van der Waals surface area contributed by atoms with Gasteiger partial charge in [0.1, 0.15) is 0 Å². The second-order valence-corrected chi connectivity index (χ2v) is 4.67. The van der Waals surface area contributed by atoms with E-state index >= 15 is 0 Å². The van der Waals surface area contributed by atoms with Gasteiger partial charge in [-0.2, -0.15) is 0 Å². The smallest absolute Gasteiger partial charge is 0.246 e. The fourth-order valence-electron chi connectivity index (χ4n) is 2.50. The number of amides is 1. The van der Waals surface area contributed by atoms with E-state index in [2.05, 4.69) is 0 Å². The minimum atomic E-state index is 0.0310. The zero-order chi connectivity index (χ0) is 12.0. The van der Waals surface area contributed by atoms with Gasteiger partial charge in [-0.3, -0.25) is 9.63 Å². The van der Waals surface area contributed by atoms with Gasteiger partial charge in [0.25, 0.3) is 0 Å². The number of rotatable bonds is 5. The highest BCUT2D eigenvalue weighted by Gasteiger charge is 2.25. The van der Waals surface area contributed by atoms with Crippen LogP contribution >= 0.6 is 0 Å². The van der Waals surface area contributed by atoms with E-state index in [4.69, 9.17) is 10.6 Å². The second-order valence-electron chi connectivity index (χ2n) is 4.67. The van der Waals surface area contributed by atoms with Crippen LogP contribution in [0.5, 0.6) is 0 Å². The molecule has 0 heterocycles. The molecule has 0 radical (unpaired) electrons. The largest absolute Gasteiger partial charge is 0.330 e. The lowest BCUT2D eigenvalue weighted by molar-refractivity contribution is -0.170. The lowest BCUT2D eigenvalue weighted by Crippen LogP contribution is -2.33. The summed E-state index contributed by atoms with van der Waals surface area (Å²) in [4.78, 5) is 16.6. The van der Waals surface area contributed by atoms with Crippen molar-refractivity contribution in [2.75, 3.05) is 20.7 Å². The Morgan fingerprint density at radius 3 is 2.56 bits per heavy atom. The molecular formula is C12H24N2O2. The zero-order valence-corrected chi connectivity index (χ0v) is 10.4. The Hall–Kier alpha value is -0.610. The second kappa shape index (κ2) is 6.86. The molecule has 0 unspecified atom stereocenters. The van der Waals surface area contributed by atoms with Gasteiger partial charge in [0, 0.05) is 13.5 Å². The molecule has 94 valence electrons. The minimum Gasteiger partial charge on any atom is -0.330 e. The molecule has 0 aromatic heterocycles. The van der Waals surface area contributed by atoms with Crippen molar-refractivity contribution in [3.8, 4) is 0 Å². The predicted molar refractivity (Wildman–Crippen MR) is 63.5 cm³/mol. The molecule has 16 heavy (non-hydrogen) atoms. The van der Waals surface area contributed by atoms with Crippen molar-refractivity contribution in [2.45, 2.75) is 38.5 Å². The number of hydrogen-bond acceptors (Lipinski definition) is 3. The van der Waals surface area contributed by atoms with Crippen molar-refractivity contribution in [3.05, 3.63) is 0 Å². The summed E-state index contributed by atoms with van der Waals surface area (Å²) < 4.78 is 0. The van der Waals surface area contributed by atoms with Crippen LogP contribution in [0.15, 0.2) is 0 Å². The predicted octanol–water partition coefficient (Wildman–Crippen LogP) is 1.55. The minimum absolute atomic E-state index is 0.0310. The summed E-state index contributed by atoms with van der Waals surface area (Å²) in [6, 6.07) is 0. The molecule has 1 saturated carbocycles. The van der Waals surface area contributed by atoms with Gasteiger partial charge in [0.05, 0.1) is 7.11 Å². The summed E-state index contributed by atoms with van der Waals surface area (Å²) in [6.45, 7) is 0.605. The molecular weight excluding hydrogens is 204 g/mol. The quantitative estimate of drug-likeness (QED) is 0.726. The Labute approximate surface area is 98.1 Å². The molecule has 0 aromatic rings. The standard InChI is InChI=1S/C12H24N2O2/c1-14(16-2)12(15)8-11(9-13)10-6-4-3-5-7-10/h10-11H,3-9,13H2,1-2H3/t11-/m1/s1. The molecule has 0 spiro atoms. The van der Waals surface area contributed by atoms with Crippen LogP contribution in [0.1, 0.15) is 38.5 Å². The molecule has 2 N–H and O–H groups in total. The van der Waals surface area contributed by atoms with Gasteiger partial charge >= 0.3 is 0 Å². The van der Waals surface area contributed by atoms with Gasteiger partial charge in [-0.15, -0.1) is 0 Å². The first-order valence-electron chi connectivity index (χ1n) is 6.19. The summed E-state index contributed by atoms with van der Waals surface area (Å²) >= 11 is 0. The Kier molecular flexibility index (Phi) is 5.77. The lowest BCUT2D eigenvalue weighted by atomic mass is 9.78. The van der Waals surface area contributed by atoms with Gasteiger partial charge in [0.15, 0.2) is 0 Å². The molecule has 4 nitrogen and oxygen atoms in total. The van der Waals surface area contributed by atoms with Crippen LogP contribution in [0.2, 0.25) is 0 Å². The van der Waals surface area contributed by atoms with Crippen LogP contribution in [0.4, 0.5) is 0 Å². The fraction of sp³-hybridized carbons (Fsp3) is 0.917. The van der Waals surface area contributed by atoms with Crippen LogP contribution in [0, 0.1) is 11.8 Å². The Balaban J connectivity index is 2.44. The van der Waals surface area contributed by atoms with Crippen LogP contribution in [0.3, 0.4) is 0 Å². The summed E-state index contributed by atoms with van der Waals surface area (Å²) in [6.07, 6.45) is 6.88. The Bertz CT molecular complexity index is 215. The number of nitrogens with zero attached hydrogens (tertiary/aromatic N) is 1. The molecule has 1 aliphatic carbocycles. The number of carbonyl (C=O) groups excluding carboxylic acids is 1. The van der Waals surface area contributed by atoms with Crippen LogP contribution in [-0.4, -0.2) is 31.7 Å². The zero-order valence-electron chi connectivity index (χ0n) is 10.4. The maximum absolute atomic E-state index is 11.7. The molecule has 1 rings (SSSR count). The van der Waals surface area contributed by atoms with Gasteiger partial charge in [-0.1, -0.05) is 32.1 Å². The number of nitrogens with two attached hydrogens (primary N) is 1. The van der Waals surface area contributed by atoms with E-state index in [-0.39, 0.29) is 5.91 Å². The molecule has 1 aliphatic rings. The first-order valence-corrected chi connectivity index (χ1v) is 6.19. The van der Waals surface area contributed by atoms with E-state index in [0.29, 0.717) is 24.8 Å². The molecule has 0 saturated heterocycles. The van der Waals surface area contributed by atoms with E-state index < -0.39 is 0 Å². The van der Waals surface area contributed by atoms with Gasteiger partial charge in [-0.05, 0) is 18.4 Å². The molecule has 1 amide bonds. The summed E-state index contributed by atoms with van der Waals surface area (Å²) in [7, 11) is 3.16. The summed E-state index contributed by atoms with van der Waals surface area (Å²) in [5.74, 6) is 0.988. The van der Waals surface area contributed by atoms with Gasteiger partial charge in [-0.25, -0.2) is 5.06 Å². The normalized spacial score (nSPS) is 19.4.